The fourth-order valence-electron chi connectivity index (χ4n) is 2.63. The molecule has 0 aromatic carbocycles. The first-order valence-corrected chi connectivity index (χ1v) is 6.01. The summed E-state index contributed by atoms with van der Waals surface area (Å²) in [6.45, 7) is 8.24. The first-order valence-electron chi connectivity index (χ1n) is 6.01. The minimum absolute atomic E-state index is 0.0706. The molecule has 0 aliphatic carbocycles. The molecule has 0 amide bonds. The molecule has 0 spiro atoms. The molecule has 1 N–H and O–H groups in total. The molecule has 0 saturated carbocycles. The average Bonchev–Trinajstić information content (AvgIpc) is 2.84. The molecular formula is C12H17N5. The van der Waals surface area contributed by atoms with Crippen molar-refractivity contribution >= 4 is 5.65 Å². The minimum atomic E-state index is 0.0706. The molecule has 1 aliphatic rings. The normalized spacial score (nSPS) is 24.6. The van der Waals surface area contributed by atoms with Crippen LogP contribution < -0.4 is 5.32 Å². The molecule has 1 aliphatic heterocycles. The maximum absolute atomic E-state index is 4.50. The SMILES string of the molecule is Cc1cc2nnc(C3(C)CCNC3)n2c(C)n1. The van der Waals surface area contributed by atoms with Gasteiger partial charge in [-0.2, -0.15) is 0 Å². The second kappa shape index (κ2) is 3.50. The Morgan fingerprint density at radius 2 is 2.18 bits per heavy atom. The molecule has 17 heavy (non-hydrogen) atoms. The van der Waals surface area contributed by atoms with Crippen LogP contribution in [-0.4, -0.2) is 32.7 Å². The second-order valence-corrected chi connectivity index (χ2v) is 5.15. The molecule has 0 bridgehead atoms. The lowest BCUT2D eigenvalue weighted by molar-refractivity contribution is 0.481. The van der Waals surface area contributed by atoms with E-state index in [1.165, 1.54) is 0 Å². The highest BCUT2D eigenvalue weighted by Gasteiger charge is 2.35. The third-order valence-electron chi connectivity index (χ3n) is 3.60. The molecule has 2 aromatic rings. The van der Waals surface area contributed by atoms with Crippen molar-refractivity contribution in [3.05, 3.63) is 23.4 Å². The van der Waals surface area contributed by atoms with E-state index in [9.17, 15) is 0 Å². The van der Waals surface area contributed by atoms with Crippen LogP contribution in [0.4, 0.5) is 0 Å². The van der Waals surface area contributed by atoms with Gasteiger partial charge < -0.3 is 5.32 Å². The molecule has 5 heteroatoms. The summed E-state index contributed by atoms with van der Waals surface area (Å²) in [6.07, 6.45) is 1.10. The van der Waals surface area contributed by atoms with Gasteiger partial charge in [0.2, 0.25) is 0 Å². The van der Waals surface area contributed by atoms with Crippen LogP contribution in [0.3, 0.4) is 0 Å². The minimum Gasteiger partial charge on any atom is -0.316 e. The summed E-state index contributed by atoms with van der Waals surface area (Å²) < 4.78 is 2.08. The predicted molar refractivity (Wildman–Crippen MR) is 65.1 cm³/mol. The Morgan fingerprint density at radius 3 is 2.88 bits per heavy atom. The first-order chi connectivity index (χ1) is 8.10. The molecule has 1 atom stereocenters. The van der Waals surface area contributed by atoms with Gasteiger partial charge in [0.25, 0.3) is 0 Å². The summed E-state index contributed by atoms with van der Waals surface area (Å²) in [7, 11) is 0. The number of nitrogens with zero attached hydrogens (tertiary/aromatic N) is 4. The summed E-state index contributed by atoms with van der Waals surface area (Å²) in [5.74, 6) is 2.00. The highest BCUT2D eigenvalue weighted by atomic mass is 15.3. The van der Waals surface area contributed by atoms with E-state index in [2.05, 4.69) is 31.8 Å². The molecular weight excluding hydrogens is 214 g/mol. The topological polar surface area (TPSA) is 55.1 Å². The largest absolute Gasteiger partial charge is 0.316 e. The van der Waals surface area contributed by atoms with E-state index in [1.807, 2.05) is 19.9 Å². The Labute approximate surface area is 100 Å². The van der Waals surface area contributed by atoms with Gasteiger partial charge in [0, 0.05) is 23.7 Å². The fourth-order valence-corrected chi connectivity index (χ4v) is 2.63. The van der Waals surface area contributed by atoms with Gasteiger partial charge in [-0.15, -0.1) is 10.2 Å². The Kier molecular flexibility index (Phi) is 2.19. The average molecular weight is 231 g/mol. The zero-order chi connectivity index (χ0) is 12.0. The Balaban J connectivity index is 2.24. The number of aryl methyl sites for hydroxylation is 2. The van der Waals surface area contributed by atoms with Crippen LogP contribution in [0.5, 0.6) is 0 Å². The lowest BCUT2D eigenvalue weighted by Gasteiger charge is -2.20. The number of aromatic nitrogens is 4. The summed E-state index contributed by atoms with van der Waals surface area (Å²) >= 11 is 0. The standard InChI is InChI=1S/C12H17N5/c1-8-6-10-15-16-11(17(10)9(2)14-8)12(3)4-5-13-7-12/h6,13H,4-5,7H2,1-3H3. The van der Waals surface area contributed by atoms with E-state index in [4.69, 9.17) is 0 Å². The van der Waals surface area contributed by atoms with Crippen molar-refractivity contribution in [2.75, 3.05) is 13.1 Å². The number of fused-ring (bicyclic) bond motifs is 1. The van der Waals surface area contributed by atoms with Crippen molar-refractivity contribution in [1.82, 2.24) is 24.9 Å². The third-order valence-corrected chi connectivity index (χ3v) is 3.60. The van der Waals surface area contributed by atoms with Gasteiger partial charge in [-0.3, -0.25) is 4.40 Å². The van der Waals surface area contributed by atoms with E-state index in [-0.39, 0.29) is 5.41 Å². The maximum atomic E-state index is 4.50. The van der Waals surface area contributed by atoms with E-state index in [0.717, 1.165) is 42.5 Å². The van der Waals surface area contributed by atoms with E-state index < -0.39 is 0 Å². The van der Waals surface area contributed by atoms with Crippen LogP contribution in [0.15, 0.2) is 6.07 Å². The molecule has 3 rings (SSSR count). The fraction of sp³-hybridized carbons (Fsp3) is 0.583. The smallest absolute Gasteiger partial charge is 0.164 e. The Bertz CT molecular complexity index is 566. The number of hydrogen-bond donors (Lipinski definition) is 1. The summed E-state index contributed by atoms with van der Waals surface area (Å²) in [6, 6.07) is 1.98. The van der Waals surface area contributed by atoms with E-state index in [0.29, 0.717) is 0 Å². The third kappa shape index (κ3) is 1.53. The van der Waals surface area contributed by atoms with Crippen LogP contribution in [0, 0.1) is 13.8 Å². The Morgan fingerprint density at radius 1 is 1.35 bits per heavy atom. The van der Waals surface area contributed by atoms with E-state index in [1.54, 1.807) is 0 Å². The molecule has 90 valence electrons. The molecule has 5 nitrogen and oxygen atoms in total. The van der Waals surface area contributed by atoms with Gasteiger partial charge in [0.1, 0.15) is 11.6 Å². The van der Waals surface area contributed by atoms with Crippen molar-refractivity contribution in [3.8, 4) is 0 Å². The van der Waals surface area contributed by atoms with Crippen LogP contribution in [0.2, 0.25) is 0 Å². The second-order valence-electron chi connectivity index (χ2n) is 5.15. The quantitative estimate of drug-likeness (QED) is 0.795. The molecule has 2 aromatic heterocycles. The monoisotopic (exact) mass is 231 g/mol. The van der Waals surface area contributed by atoms with E-state index >= 15 is 0 Å². The molecule has 1 saturated heterocycles. The lowest BCUT2D eigenvalue weighted by atomic mass is 9.89. The number of hydrogen-bond acceptors (Lipinski definition) is 4. The summed E-state index contributed by atoms with van der Waals surface area (Å²) in [5.41, 5.74) is 1.96. The molecule has 1 unspecified atom stereocenters. The van der Waals surface area contributed by atoms with Gasteiger partial charge in [0.15, 0.2) is 5.65 Å². The van der Waals surface area contributed by atoms with Gasteiger partial charge in [-0.05, 0) is 26.8 Å². The Hall–Kier alpha value is -1.49. The zero-order valence-electron chi connectivity index (χ0n) is 10.5. The number of rotatable bonds is 1. The highest BCUT2D eigenvalue weighted by molar-refractivity contribution is 5.41. The zero-order valence-corrected chi connectivity index (χ0v) is 10.5. The molecule has 1 fully saturated rings. The van der Waals surface area contributed by atoms with Gasteiger partial charge in [0.05, 0.1) is 0 Å². The van der Waals surface area contributed by atoms with Gasteiger partial charge >= 0.3 is 0 Å². The highest BCUT2D eigenvalue weighted by Crippen LogP contribution is 2.29. The predicted octanol–water partition coefficient (Wildman–Crippen LogP) is 0.992. The van der Waals surface area contributed by atoms with Crippen molar-refractivity contribution < 1.29 is 0 Å². The van der Waals surface area contributed by atoms with Crippen LogP contribution in [0.25, 0.3) is 5.65 Å². The van der Waals surface area contributed by atoms with Crippen molar-refractivity contribution in [3.63, 3.8) is 0 Å². The van der Waals surface area contributed by atoms with Crippen LogP contribution >= 0.6 is 0 Å². The summed E-state index contributed by atoms with van der Waals surface area (Å²) in [4.78, 5) is 4.50. The van der Waals surface area contributed by atoms with Gasteiger partial charge in [-0.25, -0.2) is 4.98 Å². The first kappa shape index (κ1) is 10.7. The van der Waals surface area contributed by atoms with Gasteiger partial charge in [-0.1, -0.05) is 6.92 Å². The van der Waals surface area contributed by atoms with Crippen molar-refractivity contribution in [2.45, 2.75) is 32.6 Å². The molecule has 3 heterocycles. The summed E-state index contributed by atoms with van der Waals surface area (Å²) in [5, 5.41) is 12.1. The number of nitrogens with one attached hydrogen (secondary N) is 1. The van der Waals surface area contributed by atoms with Crippen LogP contribution in [0.1, 0.15) is 30.7 Å². The lowest BCUT2D eigenvalue weighted by Crippen LogP contribution is -2.28. The van der Waals surface area contributed by atoms with Crippen LogP contribution in [-0.2, 0) is 5.41 Å². The maximum Gasteiger partial charge on any atom is 0.164 e. The van der Waals surface area contributed by atoms with Crippen molar-refractivity contribution in [2.24, 2.45) is 0 Å². The van der Waals surface area contributed by atoms with Crippen molar-refractivity contribution in [1.29, 1.82) is 0 Å². The molecule has 0 radical (unpaired) electrons.